The van der Waals surface area contributed by atoms with Gasteiger partial charge in [0.1, 0.15) is 0 Å². The Hall–Kier alpha value is -0.280. The van der Waals surface area contributed by atoms with Crippen LogP contribution in [0.2, 0.25) is 10.0 Å². The van der Waals surface area contributed by atoms with Crippen LogP contribution in [0, 0.1) is 5.92 Å². The molecule has 100 valence electrons. The second-order valence-corrected chi connectivity index (χ2v) is 5.97. The average Bonchev–Trinajstić information content (AvgIpc) is 2.35. The van der Waals surface area contributed by atoms with Crippen LogP contribution in [0.25, 0.3) is 0 Å². The van der Waals surface area contributed by atoms with E-state index in [1.54, 1.807) is 0 Å². The van der Waals surface area contributed by atoms with Crippen molar-refractivity contribution in [1.29, 1.82) is 0 Å². The van der Waals surface area contributed by atoms with Gasteiger partial charge in [-0.05, 0) is 62.7 Å². The quantitative estimate of drug-likeness (QED) is 0.912. The maximum atomic E-state index is 6.19. The maximum Gasteiger partial charge on any atom is 0.0452 e. The van der Waals surface area contributed by atoms with E-state index in [4.69, 9.17) is 23.2 Å². The van der Waals surface area contributed by atoms with Crippen LogP contribution in [-0.4, -0.2) is 31.6 Å². The smallest absolute Gasteiger partial charge is 0.0452 e. The van der Waals surface area contributed by atoms with Crippen molar-refractivity contribution in [3.8, 4) is 0 Å². The molecular weight excluding hydrogens is 267 g/mol. The molecule has 0 radical (unpaired) electrons. The molecule has 2 nitrogen and oxygen atoms in total. The summed E-state index contributed by atoms with van der Waals surface area (Å²) in [6, 6.07) is 5.67. The molecule has 4 heteroatoms. The van der Waals surface area contributed by atoms with Gasteiger partial charge in [0.2, 0.25) is 0 Å². The number of rotatable bonds is 4. The van der Waals surface area contributed by atoms with E-state index >= 15 is 0 Å². The van der Waals surface area contributed by atoms with E-state index in [-0.39, 0.29) is 0 Å². The highest BCUT2D eigenvalue weighted by Gasteiger charge is 2.15. The van der Waals surface area contributed by atoms with Gasteiger partial charge in [-0.2, -0.15) is 0 Å². The second kappa shape index (κ2) is 6.76. The van der Waals surface area contributed by atoms with Crippen LogP contribution in [0.1, 0.15) is 18.4 Å². The van der Waals surface area contributed by atoms with Crippen LogP contribution in [0.4, 0.5) is 0 Å². The molecule has 1 N–H and O–H groups in total. The van der Waals surface area contributed by atoms with E-state index in [9.17, 15) is 0 Å². The number of benzene rings is 1. The second-order valence-electron chi connectivity index (χ2n) is 5.13. The summed E-state index contributed by atoms with van der Waals surface area (Å²) in [5.74, 6) is 0.800. The van der Waals surface area contributed by atoms with E-state index in [2.05, 4.69) is 17.3 Å². The number of hydrogen-bond acceptors (Lipinski definition) is 2. The van der Waals surface area contributed by atoms with Crippen molar-refractivity contribution in [3.05, 3.63) is 33.8 Å². The van der Waals surface area contributed by atoms with E-state index < -0.39 is 0 Å². The fourth-order valence-electron chi connectivity index (χ4n) is 2.52. The number of nitrogens with one attached hydrogen (secondary N) is 1. The average molecular weight is 287 g/mol. The molecule has 0 amide bonds. The zero-order valence-electron chi connectivity index (χ0n) is 10.8. The number of hydrogen-bond donors (Lipinski definition) is 1. The number of halogens is 2. The van der Waals surface area contributed by atoms with Crippen molar-refractivity contribution >= 4 is 23.2 Å². The van der Waals surface area contributed by atoms with Crippen LogP contribution in [0.15, 0.2) is 18.2 Å². The minimum Gasteiger partial charge on any atom is -0.317 e. The first kappa shape index (κ1) is 14.1. The van der Waals surface area contributed by atoms with Crippen molar-refractivity contribution in [2.75, 3.05) is 26.7 Å². The normalized spacial score (nSPS) is 17.3. The van der Waals surface area contributed by atoms with Gasteiger partial charge in [-0.3, -0.25) is 0 Å². The first-order valence-corrected chi connectivity index (χ1v) is 7.24. The van der Waals surface area contributed by atoms with Gasteiger partial charge < -0.3 is 10.2 Å². The lowest BCUT2D eigenvalue weighted by molar-refractivity contribution is 0.234. The molecule has 2 rings (SSSR count). The van der Waals surface area contributed by atoms with Crippen LogP contribution in [0.5, 0.6) is 0 Å². The molecule has 0 bridgehead atoms. The van der Waals surface area contributed by atoms with Crippen LogP contribution in [-0.2, 0) is 6.54 Å². The predicted molar refractivity (Wildman–Crippen MR) is 78.4 cm³/mol. The Morgan fingerprint density at radius 1 is 1.28 bits per heavy atom. The van der Waals surface area contributed by atoms with Gasteiger partial charge in [0.25, 0.3) is 0 Å². The molecule has 1 heterocycles. The zero-order valence-corrected chi connectivity index (χ0v) is 12.3. The van der Waals surface area contributed by atoms with Crippen molar-refractivity contribution in [3.63, 3.8) is 0 Å². The van der Waals surface area contributed by atoms with Crippen LogP contribution >= 0.6 is 23.2 Å². The molecule has 0 aromatic heterocycles. The van der Waals surface area contributed by atoms with E-state index in [0.29, 0.717) is 0 Å². The standard InChI is InChI=1S/C14H20Cl2N2/c1-18(9-11-4-6-17-7-5-11)10-12-8-13(15)2-3-14(12)16/h2-3,8,11,17H,4-7,9-10H2,1H3. The Balaban J connectivity index is 1.89. The predicted octanol–water partition coefficient (Wildman–Crippen LogP) is 3.42. The van der Waals surface area contributed by atoms with Crippen molar-refractivity contribution in [1.82, 2.24) is 10.2 Å². The molecular formula is C14H20Cl2N2. The lowest BCUT2D eigenvalue weighted by Gasteiger charge is -2.27. The van der Waals surface area contributed by atoms with Gasteiger partial charge in [0.05, 0.1) is 0 Å². The molecule has 18 heavy (non-hydrogen) atoms. The van der Waals surface area contributed by atoms with Crippen molar-refractivity contribution in [2.45, 2.75) is 19.4 Å². The summed E-state index contributed by atoms with van der Waals surface area (Å²) in [4.78, 5) is 2.34. The van der Waals surface area contributed by atoms with Crippen molar-refractivity contribution in [2.24, 2.45) is 5.92 Å². The Bertz CT molecular complexity index is 389. The van der Waals surface area contributed by atoms with Gasteiger partial charge >= 0.3 is 0 Å². The largest absolute Gasteiger partial charge is 0.317 e. The van der Waals surface area contributed by atoms with E-state index in [0.717, 1.165) is 47.7 Å². The molecule has 1 aliphatic rings. The maximum absolute atomic E-state index is 6.19. The summed E-state index contributed by atoms with van der Waals surface area (Å²) in [5, 5.41) is 4.95. The summed E-state index contributed by atoms with van der Waals surface area (Å²) in [6.45, 7) is 4.29. The monoisotopic (exact) mass is 286 g/mol. The zero-order chi connectivity index (χ0) is 13.0. The molecule has 1 fully saturated rings. The summed E-state index contributed by atoms with van der Waals surface area (Å²) >= 11 is 12.2. The lowest BCUT2D eigenvalue weighted by Crippen LogP contribution is -2.34. The summed E-state index contributed by atoms with van der Waals surface area (Å²) in [7, 11) is 2.15. The lowest BCUT2D eigenvalue weighted by atomic mass is 9.97. The molecule has 0 unspecified atom stereocenters. The molecule has 1 aliphatic heterocycles. The van der Waals surface area contributed by atoms with Gasteiger partial charge in [-0.1, -0.05) is 23.2 Å². The Labute approximate surface area is 119 Å². The van der Waals surface area contributed by atoms with Crippen LogP contribution in [0.3, 0.4) is 0 Å². The molecule has 0 saturated carbocycles. The highest BCUT2D eigenvalue weighted by atomic mass is 35.5. The first-order chi connectivity index (χ1) is 8.65. The third-order valence-electron chi connectivity index (χ3n) is 3.48. The number of nitrogens with zero attached hydrogens (tertiary/aromatic N) is 1. The minimum absolute atomic E-state index is 0.754. The first-order valence-electron chi connectivity index (χ1n) is 6.48. The van der Waals surface area contributed by atoms with Gasteiger partial charge in [-0.15, -0.1) is 0 Å². The van der Waals surface area contributed by atoms with Crippen LogP contribution < -0.4 is 5.32 Å². The fraction of sp³-hybridized carbons (Fsp3) is 0.571. The minimum atomic E-state index is 0.754. The highest BCUT2D eigenvalue weighted by Crippen LogP contribution is 2.22. The van der Waals surface area contributed by atoms with Gasteiger partial charge in [-0.25, -0.2) is 0 Å². The fourth-order valence-corrected chi connectivity index (χ4v) is 2.90. The third-order valence-corrected chi connectivity index (χ3v) is 4.08. The van der Waals surface area contributed by atoms with Crippen molar-refractivity contribution < 1.29 is 0 Å². The molecule has 0 atom stereocenters. The van der Waals surface area contributed by atoms with Gasteiger partial charge in [0.15, 0.2) is 0 Å². The molecule has 0 aliphatic carbocycles. The Kier molecular flexibility index (Phi) is 5.31. The summed E-state index contributed by atoms with van der Waals surface area (Å²) < 4.78 is 0. The topological polar surface area (TPSA) is 15.3 Å². The molecule has 1 aromatic carbocycles. The van der Waals surface area contributed by atoms with E-state index in [1.807, 2.05) is 18.2 Å². The summed E-state index contributed by atoms with van der Waals surface area (Å²) in [6.07, 6.45) is 2.54. The molecule has 1 aromatic rings. The molecule has 0 spiro atoms. The molecule has 1 saturated heterocycles. The Morgan fingerprint density at radius 2 is 2.00 bits per heavy atom. The summed E-state index contributed by atoms with van der Waals surface area (Å²) in [5.41, 5.74) is 1.11. The third kappa shape index (κ3) is 4.13. The Morgan fingerprint density at radius 3 is 2.72 bits per heavy atom. The van der Waals surface area contributed by atoms with Gasteiger partial charge in [0, 0.05) is 23.1 Å². The number of piperidine rings is 1. The van der Waals surface area contributed by atoms with E-state index in [1.165, 1.54) is 12.8 Å². The SMILES string of the molecule is CN(Cc1cc(Cl)ccc1Cl)CC1CCNCC1. The highest BCUT2D eigenvalue weighted by molar-refractivity contribution is 6.33.